The standard InChI is InChI=1S/C25H24FN5O2S/c1-17-13-21(22-15-27-31(24(22)28-17)16-20-3-2-12-34-20)25(33)30-10-8-29(9-11-30)23(32)14-18-4-6-19(26)7-5-18/h2-7,12-13,15H,8-11,14,16H2,1H3. The van der Waals surface area contributed by atoms with E-state index in [1.54, 1.807) is 39.5 Å². The first kappa shape index (κ1) is 22.2. The lowest BCUT2D eigenvalue weighted by Crippen LogP contribution is -2.51. The van der Waals surface area contributed by atoms with Crippen molar-refractivity contribution in [2.45, 2.75) is 19.9 Å². The molecule has 0 spiro atoms. The quantitative estimate of drug-likeness (QED) is 0.441. The molecule has 7 nitrogen and oxygen atoms in total. The lowest BCUT2D eigenvalue weighted by atomic mass is 10.1. The Hall–Kier alpha value is -3.59. The van der Waals surface area contributed by atoms with E-state index < -0.39 is 0 Å². The molecule has 0 bridgehead atoms. The summed E-state index contributed by atoms with van der Waals surface area (Å²) in [5.74, 6) is -0.409. The fraction of sp³-hybridized carbons (Fsp3) is 0.280. The van der Waals surface area contributed by atoms with E-state index in [9.17, 15) is 14.0 Å². The zero-order chi connectivity index (χ0) is 23.7. The fourth-order valence-corrected chi connectivity index (χ4v) is 4.92. The third kappa shape index (κ3) is 4.56. The van der Waals surface area contributed by atoms with Crippen molar-refractivity contribution < 1.29 is 14.0 Å². The highest BCUT2D eigenvalue weighted by molar-refractivity contribution is 7.09. The number of aromatic nitrogens is 3. The topological polar surface area (TPSA) is 71.3 Å². The molecule has 1 saturated heterocycles. The van der Waals surface area contributed by atoms with Gasteiger partial charge in [-0.15, -0.1) is 11.3 Å². The minimum atomic E-state index is -0.319. The van der Waals surface area contributed by atoms with E-state index >= 15 is 0 Å². The molecule has 5 rings (SSSR count). The molecule has 0 saturated carbocycles. The zero-order valence-corrected chi connectivity index (χ0v) is 19.6. The highest BCUT2D eigenvalue weighted by Crippen LogP contribution is 2.22. The Bertz CT molecular complexity index is 1330. The molecule has 0 unspecified atom stereocenters. The van der Waals surface area contributed by atoms with Crippen LogP contribution >= 0.6 is 11.3 Å². The predicted octanol–water partition coefficient (Wildman–Crippen LogP) is 3.52. The van der Waals surface area contributed by atoms with E-state index in [4.69, 9.17) is 0 Å². The number of rotatable bonds is 5. The zero-order valence-electron chi connectivity index (χ0n) is 18.8. The van der Waals surface area contributed by atoms with E-state index in [-0.39, 0.29) is 24.1 Å². The smallest absolute Gasteiger partial charge is 0.254 e. The lowest BCUT2D eigenvalue weighted by molar-refractivity contribution is -0.131. The SMILES string of the molecule is Cc1cc(C(=O)N2CCN(C(=O)Cc3ccc(F)cc3)CC2)c2cnn(Cc3cccs3)c2n1. The Morgan fingerprint density at radius 1 is 1.06 bits per heavy atom. The highest BCUT2D eigenvalue weighted by Gasteiger charge is 2.27. The van der Waals surface area contributed by atoms with Gasteiger partial charge in [0.25, 0.3) is 5.91 Å². The second kappa shape index (κ2) is 9.34. The molecule has 4 heterocycles. The van der Waals surface area contributed by atoms with Gasteiger partial charge in [0.15, 0.2) is 5.65 Å². The minimum Gasteiger partial charge on any atom is -0.339 e. The second-order valence-corrected chi connectivity index (χ2v) is 9.44. The molecule has 1 aliphatic rings. The number of thiophene rings is 1. The number of fused-ring (bicyclic) bond motifs is 1. The molecule has 0 atom stereocenters. The van der Waals surface area contributed by atoms with Gasteiger partial charge in [0.1, 0.15) is 5.82 Å². The Morgan fingerprint density at radius 3 is 2.50 bits per heavy atom. The van der Waals surface area contributed by atoms with Gasteiger partial charge in [-0.05, 0) is 42.1 Å². The van der Waals surface area contributed by atoms with Crippen molar-refractivity contribution in [3.8, 4) is 0 Å². The Balaban J connectivity index is 1.28. The maximum atomic E-state index is 13.4. The molecule has 1 fully saturated rings. The number of nitrogens with zero attached hydrogens (tertiary/aromatic N) is 5. The number of piperazine rings is 1. The largest absolute Gasteiger partial charge is 0.339 e. The molecule has 2 amide bonds. The molecule has 0 radical (unpaired) electrons. The van der Waals surface area contributed by atoms with Crippen LogP contribution in [0, 0.1) is 12.7 Å². The van der Waals surface area contributed by atoms with E-state index in [1.165, 1.54) is 17.0 Å². The molecule has 0 aliphatic carbocycles. The number of halogens is 1. The van der Waals surface area contributed by atoms with Gasteiger partial charge in [-0.2, -0.15) is 5.10 Å². The molecule has 174 valence electrons. The number of carbonyl (C=O) groups is 2. The summed E-state index contributed by atoms with van der Waals surface area (Å²) in [6.07, 6.45) is 1.94. The van der Waals surface area contributed by atoms with Crippen LogP contribution in [0.1, 0.15) is 26.5 Å². The van der Waals surface area contributed by atoms with E-state index in [1.807, 2.05) is 29.1 Å². The fourth-order valence-electron chi connectivity index (χ4n) is 4.23. The molecule has 34 heavy (non-hydrogen) atoms. The van der Waals surface area contributed by atoms with Crippen molar-refractivity contribution in [2.24, 2.45) is 0 Å². The van der Waals surface area contributed by atoms with Crippen molar-refractivity contribution in [3.05, 3.63) is 81.6 Å². The normalized spacial score (nSPS) is 14.1. The van der Waals surface area contributed by atoms with Crippen molar-refractivity contribution in [3.63, 3.8) is 0 Å². The van der Waals surface area contributed by atoms with Crippen LogP contribution in [-0.2, 0) is 17.8 Å². The minimum absolute atomic E-state index is 0.0179. The predicted molar refractivity (Wildman–Crippen MR) is 128 cm³/mol. The molecule has 1 aromatic carbocycles. The molecule has 1 aliphatic heterocycles. The molecular weight excluding hydrogens is 453 g/mol. The number of hydrogen-bond acceptors (Lipinski definition) is 5. The average molecular weight is 478 g/mol. The molecule has 3 aromatic heterocycles. The van der Waals surface area contributed by atoms with Crippen LogP contribution in [0.4, 0.5) is 4.39 Å². The summed E-state index contributed by atoms with van der Waals surface area (Å²) in [7, 11) is 0. The number of aryl methyl sites for hydroxylation is 1. The van der Waals surface area contributed by atoms with Crippen LogP contribution < -0.4 is 0 Å². The van der Waals surface area contributed by atoms with Crippen molar-refractivity contribution >= 4 is 34.2 Å². The Labute approximate surface area is 200 Å². The van der Waals surface area contributed by atoms with Gasteiger partial charge in [0.05, 0.1) is 30.1 Å². The van der Waals surface area contributed by atoms with Gasteiger partial charge in [-0.3, -0.25) is 9.59 Å². The van der Waals surface area contributed by atoms with E-state index in [2.05, 4.69) is 16.1 Å². The van der Waals surface area contributed by atoms with Gasteiger partial charge in [-0.25, -0.2) is 14.1 Å². The summed E-state index contributed by atoms with van der Waals surface area (Å²) >= 11 is 1.66. The molecule has 9 heteroatoms. The van der Waals surface area contributed by atoms with Crippen LogP contribution in [0.15, 0.2) is 54.0 Å². The summed E-state index contributed by atoms with van der Waals surface area (Å²) in [5, 5.41) is 7.26. The van der Waals surface area contributed by atoms with Crippen molar-refractivity contribution in [2.75, 3.05) is 26.2 Å². The Morgan fingerprint density at radius 2 is 1.79 bits per heavy atom. The maximum Gasteiger partial charge on any atom is 0.254 e. The second-order valence-electron chi connectivity index (χ2n) is 8.41. The van der Waals surface area contributed by atoms with Gasteiger partial charge in [0, 0.05) is 36.8 Å². The number of benzene rings is 1. The number of carbonyl (C=O) groups excluding carboxylic acids is 2. The first-order valence-corrected chi connectivity index (χ1v) is 12.0. The van der Waals surface area contributed by atoms with Gasteiger partial charge >= 0.3 is 0 Å². The van der Waals surface area contributed by atoms with E-state index in [0.717, 1.165) is 16.6 Å². The third-order valence-corrected chi connectivity index (χ3v) is 6.90. The summed E-state index contributed by atoms with van der Waals surface area (Å²) in [6.45, 7) is 4.35. The van der Waals surface area contributed by atoms with Gasteiger partial charge in [0.2, 0.25) is 5.91 Å². The van der Waals surface area contributed by atoms with Gasteiger partial charge < -0.3 is 9.80 Å². The number of pyridine rings is 1. The van der Waals surface area contributed by atoms with Crippen molar-refractivity contribution in [1.82, 2.24) is 24.6 Å². The van der Waals surface area contributed by atoms with Crippen LogP contribution in [0.2, 0.25) is 0 Å². The third-order valence-electron chi connectivity index (χ3n) is 6.04. The summed E-state index contributed by atoms with van der Waals surface area (Å²) in [6, 6.07) is 11.8. The van der Waals surface area contributed by atoms with E-state index in [0.29, 0.717) is 43.9 Å². The molecular formula is C25H24FN5O2S. The van der Waals surface area contributed by atoms with Gasteiger partial charge in [-0.1, -0.05) is 18.2 Å². The van der Waals surface area contributed by atoms with Crippen LogP contribution in [0.5, 0.6) is 0 Å². The van der Waals surface area contributed by atoms with Crippen LogP contribution in [0.3, 0.4) is 0 Å². The number of amides is 2. The lowest BCUT2D eigenvalue weighted by Gasteiger charge is -2.35. The summed E-state index contributed by atoms with van der Waals surface area (Å²) in [4.78, 5) is 35.4. The summed E-state index contributed by atoms with van der Waals surface area (Å²) in [5.41, 5.74) is 2.83. The maximum absolute atomic E-state index is 13.4. The summed E-state index contributed by atoms with van der Waals surface area (Å²) < 4.78 is 14.9. The van der Waals surface area contributed by atoms with Crippen molar-refractivity contribution in [1.29, 1.82) is 0 Å². The monoisotopic (exact) mass is 477 g/mol. The van der Waals surface area contributed by atoms with Crippen LogP contribution in [-0.4, -0.2) is 62.6 Å². The first-order valence-electron chi connectivity index (χ1n) is 11.1. The Kier molecular flexibility index (Phi) is 6.10. The number of hydrogen-bond donors (Lipinski definition) is 0. The highest BCUT2D eigenvalue weighted by atomic mass is 32.1. The first-order chi connectivity index (χ1) is 16.5. The average Bonchev–Trinajstić information content (AvgIpc) is 3.50. The molecule has 4 aromatic rings. The molecule has 0 N–H and O–H groups in total. The van der Waals surface area contributed by atoms with Crippen LogP contribution in [0.25, 0.3) is 11.0 Å².